The first-order valence-electron chi connectivity index (χ1n) is 15.6. The number of ketones is 2. The Morgan fingerprint density at radius 2 is 1.22 bits per heavy atom. The van der Waals surface area contributed by atoms with Gasteiger partial charge in [0.05, 0.1) is 73.2 Å². The maximum Gasteiger partial charge on any atom is 0.182 e. The number of hydrogen-bond acceptors (Lipinski definition) is 12. The monoisotopic (exact) mass is 684 g/mol. The van der Waals surface area contributed by atoms with Crippen LogP contribution in [0.2, 0.25) is 0 Å². The Morgan fingerprint density at radius 3 is 1.80 bits per heavy atom. The lowest BCUT2D eigenvalue weighted by Gasteiger charge is -2.37. The number of Topliss-reactive ketones (excluding diaryl/α,β-unsaturated/α-hetero) is 2. The molecule has 0 bridgehead atoms. The van der Waals surface area contributed by atoms with Crippen LogP contribution in [0.1, 0.15) is 72.3 Å². The minimum absolute atomic E-state index is 0.0332. The molecule has 2 aliphatic heterocycles. The van der Waals surface area contributed by atoms with Crippen molar-refractivity contribution < 1.29 is 57.0 Å². The molecule has 12 heteroatoms. The second-order valence-corrected chi connectivity index (χ2v) is 11.4. The Hall–Kier alpha value is -5.91. The van der Waals surface area contributed by atoms with Gasteiger partial charge < -0.3 is 42.6 Å². The van der Waals surface area contributed by atoms with E-state index in [4.69, 9.17) is 42.6 Å². The third-order valence-electron chi connectivity index (χ3n) is 8.98. The Labute approximate surface area is 288 Å². The maximum atomic E-state index is 15.0. The lowest BCUT2D eigenvalue weighted by molar-refractivity contribution is 0.0739. The molecule has 2 heterocycles. The zero-order valence-electron chi connectivity index (χ0n) is 28.6. The highest BCUT2D eigenvalue weighted by Gasteiger charge is 2.47. The number of carbonyl (C=O) groups excluding carboxylic acids is 3. The van der Waals surface area contributed by atoms with Crippen molar-refractivity contribution in [2.24, 2.45) is 0 Å². The first-order valence-corrected chi connectivity index (χ1v) is 15.6. The molecule has 0 saturated heterocycles. The lowest BCUT2D eigenvalue weighted by Crippen LogP contribution is -2.33. The smallest absolute Gasteiger partial charge is 0.182 e. The number of rotatable bonds is 11. The zero-order chi connectivity index (χ0) is 35.7. The van der Waals surface area contributed by atoms with Gasteiger partial charge in [0.2, 0.25) is 0 Å². The van der Waals surface area contributed by atoms with Gasteiger partial charge in [0.1, 0.15) is 46.5 Å². The number of benzene rings is 4. The Bertz CT molecular complexity index is 1980. The van der Waals surface area contributed by atoms with E-state index in [1.54, 1.807) is 48.5 Å². The highest BCUT2D eigenvalue weighted by molar-refractivity contribution is 6.11. The minimum Gasteiger partial charge on any atom is -0.496 e. The summed E-state index contributed by atoms with van der Waals surface area (Å²) in [6, 6.07) is 15.0. The van der Waals surface area contributed by atoms with Gasteiger partial charge in [-0.3, -0.25) is 14.4 Å². The van der Waals surface area contributed by atoms with Gasteiger partial charge in [0, 0.05) is 17.7 Å². The maximum absolute atomic E-state index is 15.0. The number of carbonyl (C=O) groups is 3. The number of hydrogen-bond donors (Lipinski definition) is 0. The Kier molecular flexibility index (Phi) is 9.45. The van der Waals surface area contributed by atoms with Gasteiger partial charge in [-0.05, 0) is 41.5 Å². The fourth-order valence-electron chi connectivity index (χ4n) is 6.58. The van der Waals surface area contributed by atoms with Crippen molar-refractivity contribution in [2.45, 2.75) is 24.5 Å². The van der Waals surface area contributed by atoms with E-state index in [1.165, 1.54) is 55.8 Å². The topological polar surface area (TPSA) is 134 Å². The summed E-state index contributed by atoms with van der Waals surface area (Å²) in [4.78, 5) is 41.4. The molecule has 4 aromatic carbocycles. The van der Waals surface area contributed by atoms with Crippen molar-refractivity contribution >= 4 is 17.9 Å². The normalized spacial score (nSPS) is 17.7. The largest absolute Gasteiger partial charge is 0.496 e. The van der Waals surface area contributed by atoms with E-state index in [1.807, 2.05) is 0 Å². The van der Waals surface area contributed by atoms with E-state index in [2.05, 4.69) is 0 Å². The first kappa shape index (κ1) is 34.0. The van der Waals surface area contributed by atoms with Crippen LogP contribution in [0.15, 0.2) is 54.6 Å². The third kappa shape index (κ3) is 5.66. The van der Waals surface area contributed by atoms with Crippen LogP contribution in [0.4, 0.5) is 0 Å². The zero-order valence-corrected chi connectivity index (χ0v) is 28.6. The fourth-order valence-corrected chi connectivity index (χ4v) is 6.58. The standard InChI is InChI=1S/C38H36O12/c1-42-22-15-30(48-7)33-31(16-22)50-37(20-9-11-25(44-3)28(13-20)46-5)35(36(33)41)34-29(47-6)14-21(18-39)32-23(40)17-26(49-38(32)34)19-8-10-24(43-2)27(12-19)45-4/h8-16,18,26,35,37H,17H2,1-7H3/t26-,35+,37+/m0/s1. The second kappa shape index (κ2) is 13.9. The molecule has 0 radical (unpaired) electrons. The summed E-state index contributed by atoms with van der Waals surface area (Å²) in [5.74, 6) is 0.902. The van der Waals surface area contributed by atoms with Crippen LogP contribution in [0.5, 0.6) is 51.7 Å². The summed E-state index contributed by atoms with van der Waals surface area (Å²) >= 11 is 0. The highest BCUT2D eigenvalue weighted by Crippen LogP contribution is 2.55. The van der Waals surface area contributed by atoms with E-state index in [0.29, 0.717) is 46.2 Å². The summed E-state index contributed by atoms with van der Waals surface area (Å²) in [6.07, 6.45) is -1.35. The van der Waals surface area contributed by atoms with Crippen molar-refractivity contribution in [3.05, 3.63) is 88.0 Å². The minimum atomic E-state index is -1.18. The van der Waals surface area contributed by atoms with Gasteiger partial charge in [-0.15, -0.1) is 0 Å². The highest BCUT2D eigenvalue weighted by atomic mass is 16.5. The summed E-state index contributed by atoms with van der Waals surface area (Å²) in [5.41, 5.74) is 1.64. The van der Waals surface area contributed by atoms with Crippen molar-refractivity contribution in [2.75, 3.05) is 49.8 Å². The van der Waals surface area contributed by atoms with E-state index in [9.17, 15) is 9.59 Å². The van der Waals surface area contributed by atoms with E-state index in [0.717, 1.165) is 0 Å². The molecule has 3 atom stereocenters. The Balaban J connectivity index is 1.62. The van der Waals surface area contributed by atoms with Crippen molar-refractivity contribution in [3.63, 3.8) is 0 Å². The SMILES string of the molecule is COc1cc(OC)c2c(c1)O[C@H](c1ccc(OC)c(OC)c1)[C@H](c1c(OC)cc(C=O)c3c1O[C@H](c1ccc(OC)c(OC)c1)CC3=O)C2=O. The molecule has 2 aliphatic rings. The molecule has 260 valence electrons. The van der Waals surface area contributed by atoms with Crippen molar-refractivity contribution in [3.8, 4) is 51.7 Å². The molecular formula is C38H36O12. The van der Waals surface area contributed by atoms with Crippen LogP contribution in [-0.4, -0.2) is 67.6 Å². The predicted octanol–water partition coefficient (Wildman–Crippen LogP) is 6.37. The molecule has 0 fully saturated rings. The molecule has 0 unspecified atom stereocenters. The van der Waals surface area contributed by atoms with E-state index >= 15 is 4.79 Å². The van der Waals surface area contributed by atoms with Gasteiger partial charge >= 0.3 is 0 Å². The first-order chi connectivity index (χ1) is 24.2. The quantitative estimate of drug-likeness (QED) is 0.163. The summed E-state index contributed by atoms with van der Waals surface area (Å²) in [6.45, 7) is 0. The third-order valence-corrected chi connectivity index (χ3v) is 8.98. The Morgan fingerprint density at radius 1 is 0.620 bits per heavy atom. The summed E-state index contributed by atoms with van der Waals surface area (Å²) in [5, 5.41) is 0. The van der Waals surface area contributed by atoms with Crippen LogP contribution in [0.25, 0.3) is 0 Å². The molecule has 0 spiro atoms. The number of ether oxygens (including phenoxy) is 9. The van der Waals surface area contributed by atoms with Gasteiger partial charge in [-0.25, -0.2) is 0 Å². The molecule has 0 aliphatic carbocycles. The fraction of sp³-hybridized carbons (Fsp3) is 0.289. The van der Waals surface area contributed by atoms with Crippen LogP contribution in [0, 0.1) is 0 Å². The summed E-state index contributed by atoms with van der Waals surface area (Å²) < 4.78 is 52.3. The van der Waals surface area contributed by atoms with Crippen LogP contribution >= 0.6 is 0 Å². The molecule has 6 rings (SSSR count). The van der Waals surface area contributed by atoms with Crippen molar-refractivity contribution in [1.82, 2.24) is 0 Å². The molecule has 0 N–H and O–H groups in total. The van der Waals surface area contributed by atoms with Gasteiger partial charge in [0.15, 0.2) is 40.9 Å². The van der Waals surface area contributed by atoms with Gasteiger partial charge in [-0.2, -0.15) is 0 Å². The van der Waals surface area contributed by atoms with E-state index in [-0.39, 0.29) is 57.5 Å². The van der Waals surface area contributed by atoms with Crippen LogP contribution in [0.3, 0.4) is 0 Å². The molecular weight excluding hydrogens is 648 g/mol. The van der Waals surface area contributed by atoms with Crippen molar-refractivity contribution in [1.29, 1.82) is 0 Å². The second-order valence-electron chi connectivity index (χ2n) is 11.4. The number of fused-ring (bicyclic) bond motifs is 2. The van der Waals surface area contributed by atoms with E-state index < -0.39 is 23.9 Å². The van der Waals surface area contributed by atoms with Gasteiger partial charge in [-0.1, -0.05) is 12.1 Å². The lowest BCUT2D eigenvalue weighted by atomic mass is 9.77. The molecule has 4 aromatic rings. The predicted molar refractivity (Wildman–Crippen MR) is 180 cm³/mol. The van der Waals surface area contributed by atoms with Crippen LogP contribution < -0.4 is 42.6 Å². The van der Waals surface area contributed by atoms with Crippen LogP contribution in [-0.2, 0) is 0 Å². The average Bonchev–Trinajstić information content (AvgIpc) is 3.15. The molecule has 0 saturated carbocycles. The molecule has 0 aromatic heterocycles. The molecule has 50 heavy (non-hydrogen) atoms. The number of methoxy groups -OCH3 is 7. The molecule has 12 nitrogen and oxygen atoms in total. The summed E-state index contributed by atoms with van der Waals surface area (Å²) in [7, 11) is 10.4. The van der Waals surface area contributed by atoms with Gasteiger partial charge in [0.25, 0.3) is 0 Å². The molecule has 0 amide bonds. The number of aldehydes is 1. The average molecular weight is 685 g/mol.